The highest BCUT2D eigenvalue weighted by Gasteiger charge is 2.32. The molecule has 4 aromatic rings. The van der Waals surface area contributed by atoms with E-state index in [9.17, 15) is 13.2 Å². The van der Waals surface area contributed by atoms with Gasteiger partial charge in [0.15, 0.2) is 5.82 Å². The van der Waals surface area contributed by atoms with Crippen LogP contribution < -0.4 is 11.5 Å². The van der Waals surface area contributed by atoms with Crippen LogP contribution in [0.25, 0.3) is 28.0 Å². The van der Waals surface area contributed by atoms with Gasteiger partial charge in [0.2, 0.25) is 0 Å². The van der Waals surface area contributed by atoms with Gasteiger partial charge < -0.3 is 11.5 Å². The van der Waals surface area contributed by atoms with Crippen molar-refractivity contribution in [3.05, 3.63) is 66.1 Å². The van der Waals surface area contributed by atoms with E-state index in [0.29, 0.717) is 29.9 Å². The highest BCUT2D eigenvalue weighted by Crippen LogP contribution is 2.29. The Bertz CT molecular complexity index is 1180. The second kappa shape index (κ2) is 7.17. The maximum absolute atomic E-state index is 13.0. The van der Waals surface area contributed by atoms with Gasteiger partial charge in [-0.05, 0) is 36.9 Å². The minimum Gasteiger partial charge on any atom is -0.399 e. The molecule has 0 aliphatic heterocycles. The number of hydrogen-bond acceptors (Lipinski definition) is 5. The number of nitrogen functional groups attached to an aromatic ring is 1. The van der Waals surface area contributed by atoms with E-state index in [1.165, 1.54) is 16.8 Å². The molecule has 6 nitrogen and oxygen atoms in total. The zero-order chi connectivity index (χ0) is 20.6. The SMILES string of the molecule is NCCc1cc(N)cc(-c2ccc3cnn(-c4cccc(C(F)(F)F)n4)c3c2)n1. The Morgan fingerprint density at radius 2 is 1.83 bits per heavy atom. The van der Waals surface area contributed by atoms with Crippen molar-refractivity contribution >= 4 is 16.6 Å². The number of benzene rings is 1. The Kier molecular flexibility index (Phi) is 4.67. The van der Waals surface area contributed by atoms with E-state index in [1.807, 2.05) is 12.1 Å². The standard InChI is InChI=1S/C20H17F3N6/c21-20(22,23)18-2-1-3-19(28-18)29-17-8-12(4-5-13(17)11-26-29)16-10-14(25)9-15(27-16)6-7-24/h1-5,8-11H,6-7,24H2,(H2,25,27). The van der Waals surface area contributed by atoms with Crippen LogP contribution >= 0.6 is 0 Å². The average Bonchev–Trinajstić information content (AvgIpc) is 3.10. The maximum atomic E-state index is 13.0. The van der Waals surface area contributed by atoms with Gasteiger partial charge in [-0.3, -0.25) is 4.98 Å². The molecule has 9 heteroatoms. The lowest BCUT2D eigenvalue weighted by molar-refractivity contribution is -0.141. The molecule has 0 spiro atoms. The van der Waals surface area contributed by atoms with Gasteiger partial charge in [0.05, 0.1) is 17.4 Å². The Hall–Kier alpha value is -3.46. The summed E-state index contributed by atoms with van der Waals surface area (Å²) >= 11 is 0. The molecule has 4 N–H and O–H groups in total. The molecule has 4 rings (SSSR count). The van der Waals surface area contributed by atoms with Crippen molar-refractivity contribution < 1.29 is 13.2 Å². The summed E-state index contributed by atoms with van der Waals surface area (Å²) < 4.78 is 40.5. The van der Waals surface area contributed by atoms with Gasteiger partial charge >= 0.3 is 6.18 Å². The Balaban J connectivity index is 1.82. The third kappa shape index (κ3) is 3.77. The molecule has 3 aromatic heterocycles. The van der Waals surface area contributed by atoms with Gasteiger partial charge in [0.25, 0.3) is 0 Å². The topological polar surface area (TPSA) is 95.6 Å². The van der Waals surface area contributed by atoms with Crippen LogP contribution in [0.1, 0.15) is 11.4 Å². The molecule has 1 aromatic carbocycles. The monoisotopic (exact) mass is 398 g/mol. The van der Waals surface area contributed by atoms with Crippen LogP contribution in [-0.2, 0) is 12.6 Å². The Morgan fingerprint density at radius 1 is 1.00 bits per heavy atom. The lowest BCUT2D eigenvalue weighted by Crippen LogP contribution is -2.10. The second-order valence-corrected chi connectivity index (χ2v) is 6.52. The molecule has 0 unspecified atom stereocenters. The van der Waals surface area contributed by atoms with E-state index in [-0.39, 0.29) is 5.82 Å². The van der Waals surface area contributed by atoms with Crippen LogP contribution in [0.5, 0.6) is 0 Å². The van der Waals surface area contributed by atoms with E-state index in [2.05, 4.69) is 15.1 Å². The van der Waals surface area contributed by atoms with Crippen molar-refractivity contribution in [2.75, 3.05) is 12.3 Å². The summed E-state index contributed by atoms with van der Waals surface area (Å²) in [4.78, 5) is 8.30. The molecule has 0 saturated heterocycles. The molecule has 0 aliphatic carbocycles. The fourth-order valence-corrected chi connectivity index (χ4v) is 3.09. The Morgan fingerprint density at radius 3 is 2.59 bits per heavy atom. The first-order chi connectivity index (χ1) is 13.8. The quantitative estimate of drug-likeness (QED) is 0.548. The number of nitrogens with two attached hydrogens (primary N) is 2. The van der Waals surface area contributed by atoms with Gasteiger partial charge in [0.1, 0.15) is 5.69 Å². The molecular formula is C20H17F3N6. The van der Waals surface area contributed by atoms with Crippen LogP contribution in [0.15, 0.2) is 54.7 Å². The molecule has 0 fully saturated rings. The second-order valence-electron chi connectivity index (χ2n) is 6.52. The van der Waals surface area contributed by atoms with Crippen molar-refractivity contribution in [3.63, 3.8) is 0 Å². The minimum atomic E-state index is -4.53. The van der Waals surface area contributed by atoms with Gasteiger partial charge in [0, 0.05) is 28.8 Å². The van der Waals surface area contributed by atoms with Crippen molar-refractivity contribution in [1.82, 2.24) is 19.7 Å². The van der Waals surface area contributed by atoms with Crippen LogP contribution in [0, 0.1) is 0 Å². The summed E-state index contributed by atoms with van der Waals surface area (Å²) in [6.07, 6.45) is -2.37. The molecule has 148 valence electrons. The smallest absolute Gasteiger partial charge is 0.399 e. The third-order valence-corrected chi connectivity index (χ3v) is 4.41. The number of alkyl halides is 3. The fraction of sp³-hybridized carbons (Fsp3) is 0.150. The summed E-state index contributed by atoms with van der Waals surface area (Å²) in [6, 6.07) is 12.7. The molecule has 0 saturated carbocycles. The highest BCUT2D eigenvalue weighted by molar-refractivity contribution is 5.85. The van der Waals surface area contributed by atoms with E-state index in [4.69, 9.17) is 11.5 Å². The fourth-order valence-electron chi connectivity index (χ4n) is 3.09. The van der Waals surface area contributed by atoms with Crippen LogP contribution in [0.3, 0.4) is 0 Å². The lowest BCUT2D eigenvalue weighted by atomic mass is 10.1. The van der Waals surface area contributed by atoms with Gasteiger partial charge in [-0.25, -0.2) is 9.67 Å². The third-order valence-electron chi connectivity index (χ3n) is 4.41. The summed E-state index contributed by atoms with van der Waals surface area (Å²) in [7, 11) is 0. The Labute approximate surface area is 164 Å². The van der Waals surface area contributed by atoms with Crippen LogP contribution in [0.4, 0.5) is 18.9 Å². The number of hydrogen-bond donors (Lipinski definition) is 2. The highest BCUT2D eigenvalue weighted by atomic mass is 19.4. The number of halogens is 3. The average molecular weight is 398 g/mol. The van der Waals surface area contributed by atoms with E-state index in [0.717, 1.165) is 22.7 Å². The van der Waals surface area contributed by atoms with E-state index >= 15 is 0 Å². The maximum Gasteiger partial charge on any atom is 0.433 e. The van der Waals surface area contributed by atoms with Crippen molar-refractivity contribution in [2.24, 2.45) is 5.73 Å². The molecule has 0 radical (unpaired) electrons. The summed E-state index contributed by atoms with van der Waals surface area (Å²) in [5.74, 6) is 0.0799. The number of aromatic nitrogens is 4. The van der Waals surface area contributed by atoms with Gasteiger partial charge in [-0.1, -0.05) is 18.2 Å². The molecule has 0 amide bonds. The largest absolute Gasteiger partial charge is 0.433 e. The van der Waals surface area contributed by atoms with Crippen molar-refractivity contribution in [2.45, 2.75) is 12.6 Å². The van der Waals surface area contributed by atoms with Crippen molar-refractivity contribution in [1.29, 1.82) is 0 Å². The summed E-state index contributed by atoms with van der Waals surface area (Å²) in [6.45, 7) is 0.447. The first-order valence-corrected chi connectivity index (χ1v) is 8.84. The van der Waals surface area contributed by atoms with Gasteiger partial charge in [-0.15, -0.1) is 0 Å². The van der Waals surface area contributed by atoms with Crippen molar-refractivity contribution in [3.8, 4) is 17.1 Å². The molecule has 0 aliphatic rings. The molecule has 0 bridgehead atoms. The summed E-state index contributed by atoms with van der Waals surface area (Å²) in [5.41, 5.74) is 14.0. The number of fused-ring (bicyclic) bond motifs is 1. The van der Waals surface area contributed by atoms with Crippen LogP contribution in [0.2, 0.25) is 0 Å². The number of pyridine rings is 2. The normalized spacial score (nSPS) is 11.9. The zero-order valence-corrected chi connectivity index (χ0v) is 15.2. The zero-order valence-electron chi connectivity index (χ0n) is 15.2. The van der Waals surface area contributed by atoms with E-state index in [1.54, 1.807) is 24.4 Å². The number of nitrogens with zero attached hydrogens (tertiary/aromatic N) is 4. The lowest BCUT2D eigenvalue weighted by Gasteiger charge is -2.09. The molecular weight excluding hydrogens is 381 g/mol. The molecule has 0 atom stereocenters. The predicted octanol–water partition coefficient (Wildman–Crippen LogP) is 3.58. The molecule has 29 heavy (non-hydrogen) atoms. The number of anilines is 1. The first-order valence-electron chi connectivity index (χ1n) is 8.84. The van der Waals surface area contributed by atoms with Gasteiger partial charge in [-0.2, -0.15) is 18.3 Å². The van der Waals surface area contributed by atoms with E-state index < -0.39 is 11.9 Å². The first kappa shape index (κ1) is 18.9. The predicted molar refractivity (Wildman–Crippen MR) is 104 cm³/mol. The minimum absolute atomic E-state index is 0.0799. The molecule has 3 heterocycles. The number of rotatable bonds is 4. The van der Waals surface area contributed by atoms with Crippen LogP contribution in [-0.4, -0.2) is 26.3 Å². The summed E-state index contributed by atoms with van der Waals surface area (Å²) in [5, 5.41) is 4.98.